The average molecular weight is 434 g/mol. The quantitative estimate of drug-likeness (QED) is 0.290. The maximum absolute atomic E-state index is 12.7. The lowest BCUT2D eigenvalue weighted by Crippen LogP contribution is -2.27. The lowest BCUT2D eigenvalue weighted by molar-refractivity contribution is -0.384. The van der Waals surface area contributed by atoms with Crippen LogP contribution in [0.25, 0.3) is 17.4 Å². The van der Waals surface area contributed by atoms with Gasteiger partial charge in [-0.25, -0.2) is 0 Å². The van der Waals surface area contributed by atoms with Crippen LogP contribution >= 0.6 is 11.8 Å². The van der Waals surface area contributed by atoms with Crippen LogP contribution in [0.3, 0.4) is 0 Å². The van der Waals surface area contributed by atoms with E-state index in [1.807, 2.05) is 31.2 Å². The largest absolute Gasteiger partial charge is 0.456 e. The van der Waals surface area contributed by atoms with Crippen molar-refractivity contribution in [2.24, 2.45) is 0 Å². The number of rotatable bonds is 5. The number of nitro groups is 1. The smallest absolute Gasteiger partial charge is 0.293 e. The Morgan fingerprint density at radius 1 is 1.03 bits per heavy atom. The van der Waals surface area contributed by atoms with Crippen LogP contribution in [-0.4, -0.2) is 21.0 Å². The van der Waals surface area contributed by atoms with Gasteiger partial charge in [-0.3, -0.25) is 24.6 Å². The van der Waals surface area contributed by atoms with Crippen molar-refractivity contribution >= 4 is 34.7 Å². The standard InChI is InChI=1S/C23H18N2O5S/c1-14-3-6-16(7-4-14)13-24-22(26)21(31-23(24)27)12-17-8-10-20(30-17)18-9-5-15(2)11-19(18)25(28)29/h3-12H,13H2,1-2H3/b21-12+. The molecule has 1 aliphatic rings. The molecule has 0 atom stereocenters. The lowest BCUT2D eigenvalue weighted by Gasteiger charge is -2.12. The zero-order valence-corrected chi connectivity index (χ0v) is 17.6. The molecule has 2 heterocycles. The molecule has 3 aromatic rings. The van der Waals surface area contributed by atoms with Crippen molar-refractivity contribution in [3.05, 3.63) is 92.1 Å². The molecule has 0 aliphatic carbocycles. The summed E-state index contributed by atoms with van der Waals surface area (Å²) in [4.78, 5) is 37.4. The van der Waals surface area contributed by atoms with Crippen LogP contribution < -0.4 is 0 Å². The van der Waals surface area contributed by atoms with Crippen molar-refractivity contribution in [1.82, 2.24) is 4.90 Å². The molecule has 0 radical (unpaired) electrons. The summed E-state index contributed by atoms with van der Waals surface area (Å²) in [6.07, 6.45) is 1.49. The van der Waals surface area contributed by atoms with Crippen LogP contribution in [0, 0.1) is 24.0 Å². The summed E-state index contributed by atoms with van der Waals surface area (Å²) in [5, 5.41) is 11.0. The molecular formula is C23H18N2O5S. The van der Waals surface area contributed by atoms with Crippen LogP contribution in [-0.2, 0) is 11.3 Å². The molecule has 0 bridgehead atoms. The van der Waals surface area contributed by atoms with Gasteiger partial charge in [0.25, 0.3) is 16.8 Å². The van der Waals surface area contributed by atoms with Crippen molar-refractivity contribution in [3.8, 4) is 11.3 Å². The molecule has 7 nitrogen and oxygen atoms in total. The van der Waals surface area contributed by atoms with E-state index < -0.39 is 10.8 Å². The molecule has 1 aromatic heterocycles. The molecule has 0 N–H and O–H groups in total. The number of furan rings is 1. The van der Waals surface area contributed by atoms with E-state index in [4.69, 9.17) is 4.42 Å². The Balaban J connectivity index is 1.57. The number of benzene rings is 2. The molecule has 156 valence electrons. The van der Waals surface area contributed by atoms with Crippen LogP contribution in [0.2, 0.25) is 0 Å². The first-order valence-corrected chi connectivity index (χ1v) is 10.3. The Kier molecular flexibility index (Phi) is 5.48. The van der Waals surface area contributed by atoms with Crippen LogP contribution in [0.1, 0.15) is 22.5 Å². The number of hydrogen-bond donors (Lipinski definition) is 0. The molecular weight excluding hydrogens is 416 g/mol. The van der Waals surface area contributed by atoms with E-state index in [0.29, 0.717) is 17.1 Å². The minimum Gasteiger partial charge on any atom is -0.456 e. The van der Waals surface area contributed by atoms with E-state index in [0.717, 1.165) is 28.5 Å². The van der Waals surface area contributed by atoms with Gasteiger partial charge in [0.05, 0.1) is 21.9 Å². The monoisotopic (exact) mass is 434 g/mol. The van der Waals surface area contributed by atoms with E-state index >= 15 is 0 Å². The van der Waals surface area contributed by atoms with E-state index in [1.54, 1.807) is 31.2 Å². The molecule has 2 amide bonds. The third-order valence-electron chi connectivity index (χ3n) is 4.85. The molecule has 31 heavy (non-hydrogen) atoms. The van der Waals surface area contributed by atoms with E-state index in [-0.39, 0.29) is 22.4 Å². The fourth-order valence-corrected chi connectivity index (χ4v) is 4.04. The zero-order valence-electron chi connectivity index (χ0n) is 16.8. The molecule has 1 fully saturated rings. The number of nitrogens with zero attached hydrogens (tertiary/aromatic N) is 2. The number of nitro benzene ring substituents is 1. The first-order chi connectivity index (χ1) is 14.8. The van der Waals surface area contributed by atoms with Gasteiger partial charge >= 0.3 is 0 Å². The predicted octanol–water partition coefficient (Wildman–Crippen LogP) is 5.71. The Morgan fingerprint density at radius 2 is 1.74 bits per heavy atom. The minimum atomic E-state index is -0.457. The zero-order chi connectivity index (χ0) is 22.1. The van der Waals surface area contributed by atoms with Crippen molar-refractivity contribution in [2.45, 2.75) is 20.4 Å². The van der Waals surface area contributed by atoms with Gasteiger partial charge in [0.2, 0.25) is 0 Å². The van der Waals surface area contributed by atoms with Gasteiger partial charge < -0.3 is 4.42 Å². The van der Waals surface area contributed by atoms with Crippen LogP contribution in [0.4, 0.5) is 10.5 Å². The number of amides is 2. The molecule has 1 saturated heterocycles. The molecule has 0 saturated carbocycles. The first-order valence-electron chi connectivity index (χ1n) is 9.48. The summed E-state index contributed by atoms with van der Waals surface area (Å²) in [6.45, 7) is 3.94. The second kappa shape index (κ2) is 8.23. The summed E-state index contributed by atoms with van der Waals surface area (Å²) in [5.74, 6) is 0.261. The van der Waals surface area contributed by atoms with Gasteiger partial charge in [-0.2, -0.15) is 0 Å². The van der Waals surface area contributed by atoms with Crippen molar-refractivity contribution in [2.75, 3.05) is 0 Å². The molecule has 8 heteroatoms. The summed E-state index contributed by atoms with van der Waals surface area (Å²) < 4.78 is 5.74. The number of imide groups is 1. The van der Waals surface area contributed by atoms with Crippen LogP contribution in [0.5, 0.6) is 0 Å². The van der Waals surface area contributed by atoms with Gasteiger partial charge in [-0.1, -0.05) is 35.9 Å². The van der Waals surface area contributed by atoms with Gasteiger partial charge in [-0.05, 0) is 54.9 Å². The Hall–Kier alpha value is -3.65. The highest BCUT2D eigenvalue weighted by Gasteiger charge is 2.35. The summed E-state index contributed by atoms with van der Waals surface area (Å²) in [5.41, 5.74) is 3.02. The Labute approximate surface area is 182 Å². The highest BCUT2D eigenvalue weighted by Crippen LogP contribution is 2.36. The maximum atomic E-state index is 12.7. The number of hydrogen-bond acceptors (Lipinski definition) is 6. The molecule has 0 unspecified atom stereocenters. The fourth-order valence-electron chi connectivity index (χ4n) is 3.22. The lowest BCUT2D eigenvalue weighted by atomic mass is 10.1. The normalized spacial score (nSPS) is 15.2. The predicted molar refractivity (Wildman–Crippen MR) is 118 cm³/mol. The third kappa shape index (κ3) is 4.29. The van der Waals surface area contributed by atoms with Crippen molar-refractivity contribution in [1.29, 1.82) is 0 Å². The molecule has 0 spiro atoms. The van der Waals surface area contributed by atoms with Gasteiger partial charge in [0.15, 0.2) is 0 Å². The summed E-state index contributed by atoms with van der Waals surface area (Å²) in [7, 11) is 0. The Morgan fingerprint density at radius 3 is 2.45 bits per heavy atom. The second-order valence-electron chi connectivity index (χ2n) is 7.23. The Bertz CT molecular complexity index is 1230. The summed E-state index contributed by atoms with van der Waals surface area (Å²) in [6, 6.07) is 15.7. The topological polar surface area (TPSA) is 93.7 Å². The van der Waals surface area contributed by atoms with E-state index in [2.05, 4.69) is 0 Å². The second-order valence-corrected chi connectivity index (χ2v) is 8.23. The van der Waals surface area contributed by atoms with Gasteiger partial charge in [-0.15, -0.1) is 0 Å². The van der Waals surface area contributed by atoms with Crippen molar-refractivity contribution < 1.29 is 18.9 Å². The number of carbonyl (C=O) groups excluding carboxylic acids is 2. The first kappa shape index (κ1) is 20.6. The maximum Gasteiger partial charge on any atom is 0.293 e. The van der Waals surface area contributed by atoms with Crippen molar-refractivity contribution in [3.63, 3.8) is 0 Å². The number of thioether (sulfide) groups is 1. The fraction of sp³-hybridized carbons (Fsp3) is 0.130. The number of carbonyl (C=O) groups is 2. The molecule has 4 rings (SSSR count). The number of aryl methyl sites for hydroxylation is 2. The minimum absolute atomic E-state index is 0.0562. The molecule has 1 aliphatic heterocycles. The summed E-state index contributed by atoms with van der Waals surface area (Å²) >= 11 is 0.844. The SMILES string of the molecule is Cc1ccc(CN2C(=O)S/C(=C/c3ccc(-c4ccc(C)cc4[N+](=O)[O-])o3)C2=O)cc1. The van der Waals surface area contributed by atoms with Gasteiger partial charge in [0.1, 0.15) is 11.5 Å². The molecule has 2 aromatic carbocycles. The average Bonchev–Trinajstić information content (AvgIpc) is 3.29. The van der Waals surface area contributed by atoms with E-state index in [1.165, 1.54) is 17.0 Å². The van der Waals surface area contributed by atoms with E-state index in [9.17, 15) is 19.7 Å². The van der Waals surface area contributed by atoms with Gasteiger partial charge in [0, 0.05) is 12.1 Å². The highest BCUT2D eigenvalue weighted by molar-refractivity contribution is 8.18. The third-order valence-corrected chi connectivity index (χ3v) is 5.76. The van der Waals surface area contributed by atoms with Crippen LogP contribution in [0.15, 0.2) is 63.9 Å². The highest BCUT2D eigenvalue weighted by atomic mass is 32.2.